The Balaban J connectivity index is 2.02. The van der Waals surface area contributed by atoms with Gasteiger partial charge in [0.2, 0.25) is 10.0 Å². The quantitative estimate of drug-likeness (QED) is 0.743. The van der Waals surface area contributed by atoms with Crippen LogP contribution < -0.4 is 10.2 Å². The molecule has 0 radical (unpaired) electrons. The summed E-state index contributed by atoms with van der Waals surface area (Å²) in [6, 6.07) is 10.5. The Labute approximate surface area is 171 Å². The predicted octanol–water partition coefficient (Wildman–Crippen LogP) is 3.71. The molecule has 0 saturated carbocycles. The van der Waals surface area contributed by atoms with Crippen molar-refractivity contribution in [3.05, 3.63) is 53.8 Å². The Kier molecular flexibility index (Phi) is 6.54. The zero-order valence-corrected chi connectivity index (χ0v) is 17.5. The van der Waals surface area contributed by atoms with Gasteiger partial charge in [-0.25, -0.2) is 12.8 Å². The zero-order valence-electron chi connectivity index (χ0n) is 16.7. The minimum atomic E-state index is -3.68. The standard InChI is InChI=1S/C21H26FN3O3S/c1-3-25(4-2)29(27,28)16-11-12-20(24-13-7-8-14-24)19(15-16)23-21(26)17-9-5-6-10-18(17)22/h5-6,9-12,15H,3-4,7-8,13-14H2,1-2H3,(H,23,26). The van der Waals surface area contributed by atoms with Gasteiger partial charge in [-0.05, 0) is 43.2 Å². The molecule has 1 amide bonds. The summed E-state index contributed by atoms with van der Waals surface area (Å²) in [4.78, 5) is 14.9. The number of benzene rings is 2. The minimum absolute atomic E-state index is 0.0862. The van der Waals surface area contributed by atoms with E-state index in [4.69, 9.17) is 0 Å². The summed E-state index contributed by atoms with van der Waals surface area (Å²) < 4.78 is 41.3. The third-order valence-corrected chi connectivity index (χ3v) is 7.17. The van der Waals surface area contributed by atoms with Crippen molar-refractivity contribution in [2.45, 2.75) is 31.6 Å². The molecule has 1 saturated heterocycles. The highest BCUT2D eigenvalue weighted by Crippen LogP contribution is 2.32. The van der Waals surface area contributed by atoms with Crippen LogP contribution in [0, 0.1) is 5.82 Å². The maximum Gasteiger partial charge on any atom is 0.258 e. The van der Waals surface area contributed by atoms with Crippen LogP contribution in [-0.4, -0.2) is 44.8 Å². The summed E-state index contributed by atoms with van der Waals surface area (Å²) in [5.74, 6) is -1.24. The Morgan fingerprint density at radius 1 is 1.10 bits per heavy atom. The summed E-state index contributed by atoms with van der Waals surface area (Å²) in [5.41, 5.74) is 1.02. The number of sulfonamides is 1. The van der Waals surface area contributed by atoms with Crippen LogP contribution in [0.25, 0.3) is 0 Å². The normalized spacial score (nSPS) is 14.4. The third kappa shape index (κ3) is 4.43. The SMILES string of the molecule is CCN(CC)S(=O)(=O)c1ccc(N2CCCC2)c(NC(=O)c2ccccc2F)c1. The van der Waals surface area contributed by atoms with E-state index in [-0.39, 0.29) is 10.5 Å². The molecule has 1 heterocycles. The fraction of sp³-hybridized carbons (Fsp3) is 0.381. The van der Waals surface area contributed by atoms with Gasteiger partial charge in [-0.3, -0.25) is 4.79 Å². The Hall–Kier alpha value is -2.45. The largest absolute Gasteiger partial charge is 0.370 e. The molecular weight excluding hydrogens is 393 g/mol. The van der Waals surface area contributed by atoms with Gasteiger partial charge in [0.1, 0.15) is 5.82 Å². The Morgan fingerprint density at radius 2 is 1.76 bits per heavy atom. The van der Waals surface area contributed by atoms with Crippen molar-refractivity contribution in [2.75, 3.05) is 36.4 Å². The predicted molar refractivity (Wildman–Crippen MR) is 112 cm³/mol. The monoisotopic (exact) mass is 419 g/mol. The smallest absolute Gasteiger partial charge is 0.258 e. The van der Waals surface area contributed by atoms with Crippen LogP contribution in [0.15, 0.2) is 47.4 Å². The van der Waals surface area contributed by atoms with Crippen molar-refractivity contribution < 1.29 is 17.6 Å². The van der Waals surface area contributed by atoms with Crippen molar-refractivity contribution in [1.82, 2.24) is 4.31 Å². The fourth-order valence-electron chi connectivity index (χ4n) is 3.56. The van der Waals surface area contributed by atoms with Crippen LogP contribution in [0.3, 0.4) is 0 Å². The molecule has 29 heavy (non-hydrogen) atoms. The molecule has 0 spiro atoms. The van der Waals surface area contributed by atoms with Crippen LogP contribution in [-0.2, 0) is 10.0 Å². The first-order valence-corrected chi connectivity index (χ1v) is 11.3. The second-order valence-electron chi connectivity index (χ2n) is 6.90. The Bertz CT molecular complexity index is 984. The number of carbonyl (C=O) groups excluding carboxylic acids is 1. The molecule has 2 aromatic rings. The highest BCUT2D eigenvalue weighted by Gasteiger charge is 2.25. The number of nitrogens with zero attached hydrogens (tertiary/aromatic N) is 2. The number of nitrogens with one attached hydrogen (secondary N) is 1. The molecule has 8 heteroatoms. The molecule has 156 valence electrons. The number of anilines is 2. The summed E-state index contributed by atoms with van der Waals surface area (Å²) >= 11 is 0. The second kappa shape index (κ2) is 8.92. The molecule has 3 rings (SSSR count). The number of hydrogen-bond donors (Lipinski definition) is 1. The minimum Gasteiger partial charge on any atom is -0.370 e. The molecular formula is C21H26FN3O3S. The number of hydrogen-bond acceptors (Lipinski definition) is 4. The summed E-state index contributed by atoms with van der Waals surface area (Å²) in [7, 11) is -3.68. The van der Waals surface area contributed by atoms with E-state index >= 15 is 0 Å². The van der Waals surface area contributed by atoms with Gasteiger partial charge >= 0.3 is 0 Å². The molecule has 1 aliphatic heterocycles. The number of amides is 1. The molecule has 1 fully saturated rings. The van der Waals surface area contributed by atoms with Crippen molar-refractivity contribution >= 4 is 27.3 Å². The number of carbonyl (C=O) groups is 1. The van der Waals surface area contributed by atoms with Gasteiger partial charge in [0.15, 0.2) is 0 Å². The molecule has 0 bridgehead atoms. The van der Waals surface area contributed by atoms with E-state index in [1.165, 1.54) is 28.6 Å². The van der Waals surface area contributed by atoms with Gasteiger partial charge in [-0.15, -0.1) is 0 Å². The first kappa shape index (κ1) is 21.3. The highest BCUT2D eigenvalue weighted by molar-refractivity contribution is 7.89. The first-order chi connectivity index (χ1) is 13.9. The van der Waals surface area contributed by atoms with E-state index in [2.05, 4.69) is 10.2 Å². The lowest BCUT2D eigenvalue weighted by molar-refractivity contribution is 0.102. The van der Waals surface area contributed by atoms with Crippen LogP contribution >= 0.6 is 0 Å². The third-order valence-electron chi connectivity index (χ3n) is 5.12. The fourth-order valence-corrected chi connectivity index (χ4v) is 5.04. The average Bonchev–Trinajstić information content (AvgIpc) is 3.23. The second-order valence-corrected chi connectivity index (χ2v) is 8.83. The number of halogens is 1. The molecule has 1 aliphatic rings. The molecule has 0 unspecified atom stereocenters. The van der Waals surface area contributed by atoms with Crippen LogP contribution in [0.1, 0.15) is 37.0 Å². The molecule has 1 N–H and O–H groups in total. The first-order valence-electron chi connectivity index (χ1n) is 9.83. The number of rotatable bonds is 7. The maximum atomic E-state index is 14.0. The summed E-state index contributed by atoms with van der Waals surface area (Å²) in [6.45, 7) is 5.91. The average molecular weight is 420 g/mol. The van der Waals surface area contributed by atoms with Gasteiger partial charge in [0.05, 0.1) is 21.8 Å². The Morgan fingerprint density at radius 3 is 2.38 bits per heavy atom. The van der Waals surface area contributed by atoms with Gasteiger partial charge in [-0.1, -0.05) is 26.0 Å². The molecule has 0 aromatic heterocycles. The highest BCUT2D eigenvalue weighted by atomic mass is 32.2. The molecule has 0 atom stereocenters. The maximum absolute atomic E-state index is 14.0. The van der Waals surface area contributed by atoms with Crippen LogP contribution in [0.2, 0.25) is 0 Å². The lowest BCUT2D eigenvalue weighted by Crippen LogP contribution is -2.31. The van der Waals surface area contributed by atoms with Crippen molar-refractivity contribution in [3.8, 4) is 0 Å². The van der Waals surface area contributed by atoms with E-state index < -0.39 is 21.7 Å². The lowest BCUT2D eigenvalue weighted by Gasteiger charge is -2.24. The van der Waals surface area contributed by atoms with Crippen LogP contribution in [0.5, 0.6) is 0 Å². The lowest BCUT2D eigenvalue weighted by atomic mass is 10.2. The van der Waals surface area contributed by atoms with Crippen molar-refractivity contribution in [3.63, 3.8) is 0 Å². The topological polar surface area (TPSA) is 69.7 Å². The molecule has 0 aliphatic carbocycles. The van der Waals surface area contributed by atoms with E-state index in [0.29, 0.717) is 18.8 Å². The van der Waals surface area contributed by atoms with E-state index in [0.717, 1.165) is 31.6 Å². The van der Waals surface area contributed by atoms with Gasteiger partial charge in [-0.2, -0.15) is 4.31 Å². The molecule has 2 aromatic carbocycles. The van der Waals surface area contributed by atoms with E-state index in [1.54, 1.807) is 32.0 Å². The zero-order chi connectivity index (χ0) is 21.0. The van der Waals surface area contributed by atoms with Gasteiger partial charge < -0.3 is 10.2 Å². The van der Waals surface area contributed by atoms with Crippen molar-refractivity contribution in [2.24, 2.45) is 0 Å². The van der Waals surface area contributed by atoms with Gasteiger partial charge in [0.25, 0.3) is 5.91 Å². The van der Waals surface area contributed by atoms with Gasteiger partial charge in [0, 0.05) is 26.2 Å². The van der Waals surface area contributed by atoms with E-state index in [9.17, 15) is 17.6 Å². The van der Waals surface area contributed by atoms with Crippen LogP contribution in [0.4, 0.5) is 15.8 Å². The van der Waals surface area contributed by atoms with E-state index in [1.807, 2.05) is 0 Å². The summed E-state index contributed by atoms with van der Waals surface area (Å²) in [6.07, 6.45) is 2.06. The van der Waals surface area contributed by atoms with Crippen molar-refractivity contribution in [1.29, 1.82) is 0 Å². The molecule has 6 nitrogen and oxygen atoms in total. The summed E-state index contributed by atoms with van der Waals surface area (Å²) in [5, 5.41) is 2.73.